The quantitative estimate of drug-likeness (QED) is 0.884. The fraction of sp³-hybridized carbons (Fsp3) is 0.278. The van der Waals surface area contributed by atoms with Crippen LogP contribution in [0.15, 0.2) is 42.5 Å². The van der Waals surface area contributed by atoms with E-state index >= 15 is 0 Å². The summed E-state index contributed by atoms with van der Waals surface area (Å²) >= 11 is 0. The summed E-state index contributed by atoms with van der Waals surface area (Å²) in [5.41, 5.74) is 0.883. The van der Waals surface area contributed by atoms with Crippen molar-refractivity contribution in [1.29, 1.82) is 0 Å². The molecule has 0 aliphatic carbocycles. The number of carbonyl (C=O) groups is 1. The van der Waals surface area contributed by atoms with Crippen LogP contribution in [0.1, 0.15) is 18.9 Å². The van der Waals surface area contributed by atoms with Gasteiger partial charge in [-0.25, -0.2) is 4.39 Å². The third-order valence-corrected chi connectivity index (χ3v) is 3.67. The molecule has 0 radical (unpaired) electrons. The Hall–Kier alpha value is -2.76. The van der Waals surface area contributed by atoms with Crippen molar-refractivity contribution in [2.45, 2.75) is 26.0 Å². The van der Waals surface area contributed by atoms with Gasteiger partial charge >= 0.3 is 0 Å². The lowest BCUT2D eigenvalue weighted by molar-refractivity contribution is -0.128. The molecular formula is C18H18FNO4. The molecule has 0 aromatic heterocycles. The van der Waals surface area contributed by atoms with Gasteiger partial charge < -0.3 is 19.5 Å². The number of para-hydroxylation sites is 1. The topological polar surface area (TPSA) is 56.8 Å². The average molecular weight is 331 g/mol. The van der Waals surface area contributed by atoms with Crippen molar-refractivity contribution in [3.05, 3.63) is 53.8 Å². The highest BCUT2D eigenvalue weighted by molar-refractivity contribution is 5.81. The van der Waals surface area contributed by atoms with Crippen molar-refractivity contribution in [3.63, 3.8) is 0 Å². The molecule has 1 heterocycles. The molecule has 1 aliphatic heterocycles. The average Bonchev–Trinajstić information content (AvgIpc) is 3.06. The molecule has 0 bridgehead atoms. The van der Waals surface area contributed by atoms with Gasteiger partial charge in [-0.3, -0.25) is 4.79 Å². The van der Waals surface area contributed by atoms with Gasteiger partial charge in [-0.05, 0) is 36.2 Å². The van der Waals surface area contributed by atoms with E-state index in [1.165, 1.54) is 12.1 Å². The summed E-state index contributed by atoms with van der Waals surface area (Å²) in [6.07, 6.45) is -0.322. The summed E-state index contributed by atoms with van der Waals surface area (Å²) in [5, 5.41) is 2.80. The number of amides is 1. The molecule has 24 heavy (non-hydrogen) atoms. The Kier molecular flexibility index (Phi) is 4.84. The molecule has 126 valence electrons. The molecule has 1 N–H and O–H groups in total. The minimum atomic E-state index is -0.754. The summed E-state index contributed by atoms with van der Waals surface area (Å²) in [4.78, 5) is 12.3. The predicted octanol–water partition coefficient (Wildman–Crippen LogP) is 3.03. The summed E-state index contributed by atoms with van der Waals surface area (Å²) in [6, 6.07) is 11.5. The van der Waals surface area contributed by atoms with Gasteiger partial charge in [0.15, 0.2) is 29.2 Å². The zero-order valence-corrected chi connectivity index (χ0v) is 13.3. The first-order valence-corrected chi connectivity index (χ1v) is 7.75. The SMILES string of the molecule is CC[C@H](Oc1ccccc1F)C(=O)NCc1ccc2c(c1)OCO2. The van der Waals surface area contributed by atoms with Crippen molar-refractivity contribution < 1.29 is 23.4 Å². The van der Waals surface area contributed by atoms with Gasteiger partial charge in [0.1, 0.15) is 0 Å². The van der Waals surface area contributed by atoms with E-state index in [1.807, 2.05) is 19.1 Å². The second-order valence-corrected chi connectivity index (χ2v) is 5.35. The summed E-state index contributed by atoms with van der Waals surface area (Å²) < 4.78 is 29.7. The fourth-order valence-electron chi connectivity index (χ4n) is 2.37. The third kappa shape index (κ3) is 3.59. The monoisotopic (exact) mass is 331 g/mol. The summed E-state index contributed by atoms with van der Waals surface area (Å²) in [5.74, 6) is 0.649. The number of ether oxygens (including phenoxy) is 3. The zero-order chi connectivity index (χ0) is 16.9. The van der Waals surface area contributed by atoms with E-state index in [4.69, 9.17) is 14.2 Å². The molecule has 0 spiro atoms. The highest BCUT2D eigenvalue weighted by Gasteiger charge is 2.20. The Morgan fingerprint density at radius 1 is 1.25 bits per heavy atom. The third-order valence-electron chi connectivity index (χ3n) is 3.67. The van der Waals surface area contributed by atoms with E-state index in [1.54, 1.807) is 18.2 Å². The molecule has 1 amide bonds. The maximum atomic E-state index is 13.6. The van der Waals surface area contributed by atoms with Crippen molar-refractivity contribution >= 4 is 5.91 Å². The van der Waals surface area contributed by atoms with Crippen molar-refractivity contribution in [3.8, 4) is 17.2 Å². The molecule has 0 saturated carbocycles. The van der Waals surface area contributed by atoms with E-state index in [0.717, 1.165) is 5.56 Å². The lowest BCUT2D eigenvalue weighted by atomic mass is 10.2. The Balaban J connectivity index is 1.59. The van der Waals surface area contributed by atoms with Crippen LogP contribution in [0.3, 0.4) is 0 Å². The number of hydrogen-bond donors (Lipinski definition) is 1. The highest BCUT2D eigenvalue weighted by atomic mass is 19.1. The Morgan fingerprint density at radius 2 is 2.04 bits per heavy atom. The molecule has 1 atom stereocenters. The standard InChI is InChI=1S/C18H18FNO4/c1-2-14(24-15-6-4-3-5-13(15)19)18(21)20-10-12-7-8-16-17(9-12)23-11-22-16/h3-9,14H,2,10-11H2,1H3,(H,20,21)/t14-/m0/s1. The lowest BCUT2D eigenvalue weighted by Gasteiger charge is -2.17. The van der Waals surface area contributed by atoms with Gasteiger partial charge in [0, 0.05) is 6.54 Å². The van der Waals surface area contributed by atoms with Crippen LogP contribution in [0.2, 0.25) is 0 Å². The first-order chi connectivity index (χ1) is 11.7. The molecule has 0 fully saturated rings. The number of hydrogen-bond acceptors (Lipinski definition) is 4. The van der Waals surface area contributed by atoms with Crippen LogP contribution in [0.4, 0.5) is 4.39 Å². The second-order valence-electron chi connectivity index (χ2n) is 5.35. The summed E-state index contributed by atoms with van der Waals surface area (Å²) in [6.45, 7) is 2.35. The number of benzene rings is 2. The van der Waals surface area contributed by atoms with E-state index in [9.17, 15) is 9.18 Å². The Labute approximate surface area is 139 Å². The van der Waals surface area contributed by atoms with Gasteiger partial charge in [0.25, 0.3) is 5.91 Å². The van der Waals surface area contributed by atoms with Crippen LogP contribution in [0.5, 0.6) is 17.2 Å². The first kappa shape index (κ1) is 16.1. The van der Waals surface area contributed by atoms with E-state index in [-0.39, 0.29) is 18.4 Å². The number of carbonyl (C=O) groups excluding carboxylic acids is 1. The van der Waals surface area contributed by atoms with Crippen LogP contribution in [0, 0.1) is 5.82 Å². The number of nitrogens with one attached hydrogen (secondary N) is 1. The molecule has 2 aromatic rings. The van der Waals surface area contributed by atoms with E-state index in [2.05, 4.69) is 5.32 Å². The highest BCUT2D eigenvalue weighted by Crippen LogP contribution is 2.32. The maximum Gasteiger partial charge on any atom is 0.261 e. The molecule has 3 rings (SSSR count). The number of halogens is 1. The van der Waals surface area contributed by atoms with Crippen LogP contribution < -0.4 is 19.5 Å². The largest absolute Gasteiger partial charge is 0.478 e. The zero-order valence-electron chi connectivity index (χ0n) is 13.3. The van der Waals surface area contributed by atoms with Gasteiger partial charge in [-0.15, -0.1) is 0 Å². The Bertz CT molecular complexity index is 735. The van der Waals surface area contributed by atoms with Crippen LogP contribution >= 0.6 is 0 Å². The fourth-order valence-corrected chi connectivity index (χ4v) is 2.37. The van der Waals surface area contributed by atoms with Crippen molar-refractivity contribution in [2.24, 2.45) is 0 Å². The van der Waals surface area contributed by atoms with Gasteiger partial charge in [0.05, 0.1) is 0 Å². The normalized spacial score (nSPS) is 13.4. The van der Waals surface area contributed by atoms with Crippen LogP contribution in [-0.4, -0.2) is 18.8 Å². The second kappa shape index (κ2) is 7.21. The first-order valence-electron chi connectivity index (χ1n) is 7.75. The van der Waals surface area contributed by atoms with Crippen molar-refractivity contribution in [1.82, 2.24) is 5.32 Å². The summed E-state index contributed by atoms with van der Waals surface area (Å²) in [7, 11) is 0. The molecule has 5 nitrogen and oxygen atoms in total. The maximum absolute atomic E-state index is 13.6. The molecule has 6 heteroatoms. The minimum Gasteiger partial charge on any atom is -0.478 e. The van der Waals surface area contributed by atoms with Gasteiger partial charge in [-0.2, -0.15) is 0 Å². The number of rotatable bonds is 6. The van der Waals surface area contributed by atoms with Crippen LogP contribution in [-0.2, 0) is 11.3 Å². The predicted molar refractivity (Wildman–Crippen MR) is 85.5 cm³/mol. The van der Waals surface area contributed by atoms with Crippen molar-refractivity contribution in [2.75, 3.05) is 6.79 Å². The molecule has 2 aromatic carbocycles. The molecule has 0 saturated heterocycles. The number of fused-ring (bicyclic) bond motifs is 1. The Morgan fingerprint density at radius 3 is 2.83 bits per heavy atom. The molecular weight excluding hydrogens is 313 g/mol. The smallest absolute Gasteiger partial charge is 0.261 e. The minimum absolute atomic E-state index is 0.0718. The van der Waals surface area contributed by atoms with E-state index < -0.39 is 11.9 Å². The van der Waals surface area contributed by atoms with Gasteiger partial charge in [-0.1, -0.05) is 25.1 Å². The van der Waals surface area contributed by atoms with E-state index in [0.29, 0.717) is 24.5 Å². The van der Waals surface area contributed by atoms with Crippen LogP contribution in [0.25, 0.3) is 0 Å². The molecule has 0 unspecified atom stereocenters. The molecule has 1 aliphatic rings. The lowest BCUT2D eigenvalue weighted by Crippen LogP contribution is -2.37. The van der Waals surface area contributed by atoms with Gasteiger partial charge in [0.2, 0.25) is 6.79 Å².